The van der Waals surface area contributed by atoms with Gasteiger partial charge in [0.1, 0.15) is 6.29 Å². The fourth-order valence-electron chi connectivity index (χ4n) is 3.50. The van der Waals surface area contributed by atoms with E-state index in [1.54, 1.807) is 0 Å². The minimum atomic E-state index is -0.302. The number of hydrogen-bond acceptors (Lipinski definition) is 4. The molecule has 2 aliphatic rings. The molecule has 126 valence electrons. The van der Waals surface area contributed by atoms with Crippen molar-refractivity contribution in [2.45, 2.75) is 37.9 Å². The highest BCUT2D eigenvalue weighted by Crippen LogP contribution is 2.42. The van der Waals surface area contributed by atoms with Gasteiger partial charge in [-0.1, -0.05) is 37.3 Å². The van der Waals surface area contributed by atoms with E-state index in [0.717, 1.165) is 26.2 Å². The number of ether oxygens (including phenoxy) is 1. The third kappa shape index (κ3) is 3.79. The molecule has 1 aromatic rings. The minimum absolute atomic E-state index is 0.0397. The molecule has 2 N–H and O–H groups in total. The first-order valence-electron chi connectivity index (χ1n) is 8.09. The maximum Gasteiger partial charge on any atom is 0.226 e. The first-order chi connectivity index (χ1) is 11.2. The summed E-state index contributed by atoms with van der Waals surface area (Å²) in [5, 5.41) is 9.99. The topological polar surface area (TPSA) is 75.6 Å². The van der Waals surface area contributed by atoms with Crippen LogP contribution in [-0.2, 0) is 14.3 Å². The number of aliphatic hydroxyl groups is 1. The largest absolute Gasteiger partial charge is 0.400 e. The molecule has 5 unspecified atom stereocenters. The Bertz CT molecular complexity index is 519. The second kappa shape index (κ2) is 8.22. The van der Waals surface area contributed by atoms with Gasteiger partial charge in [0.2, 0.25) is 5.91 Å². The highest BCUT2D eigenvalue weighted by Gasteiger charge is 2.52. The molecular weight excluding hydrogens is 294 g/mol. The molecule has 2 fully saturated rings. The van der Waals surface area contributed by atoms with Gasteiger partial charge in [0.25, 0.3) is 0 Å². The van der Waals surface area contributed by atoms with Gasteiger partial charge in [0.15, 0.2) is 0 Å². The van der Waals surface area contributed by atoms with E-state index in [0.29, 0.717) is 6.54 Å². The Balaban J connectivity index is 0.000000924. The van der Waals surface area contributed by atoms with Crippen molar-refractivity contribution >= 4 is 12.2 Å². The second-order valence-corrected chi connectivity index (χ2v) is 6.09. The molecule has 0 aromatic heterocycles. The zero-order chi connectivity index (χ0) is 16.8. The summed E-state index contributed by atoms with van der Waals surface area (Å²) in [6, 6.07) is 10.1. The predicted molar refractivity (Wildman–Crippen MR) is 86.9 cm³/mol. The summed E-state index contributed by atoms with van der Waals surface area (Å²) in [6.45, 7) is 2.67. The molecule has 5 heteroatoms. The number of amides is 1. The molecule has 0 radical (unpaired) electrons. The van der Waals surface area contributed by atoms with Crippen molar-refractivity contribution in [3.05, 3.63) is 35.9 Å². The van der Waals surface area contributed by atoms with E-state index in [4.69, 9.17) is 9.84 Å². The van der Waals surface area contributed by atoms with Crippen molar-refractivity contribution in [3.63, 3.8) is 0 Å². The highest BCUT2D eigenvalue weighted by molar-refractivity contribution is 5.83. The molecule has 0 spiro atoms. The fourth-order valence-corrected chi connectivity index (χ4v) is 3.50. The van der Waals surface area contributed by atoms with Gasteiger partial charge in [0, 0.05) is 13.7 Å². The van der Waals surface area contributed by atoms with Gasteiger partial charge in [-0.15, -0.1) is 0 Å². The van der Waals surface area contributed by atoms with Crippen molar-refractivity contribution in [2.24, 2.45) is 11.8 Å². The number of nitrogens with one attached hydrogen (secondary N) is 1. The molecule has 5 nitrogen and oxygen atoms in total. The number of rotatable bonds is 5. The third-order valence-corrected chi connectivity index (χ3v) is 4.74. The van der Waals surface area contributed by atoms with Crippen LogP contribution in [0.1, 0.15) is 31.2 Å². The second-order valence-electron chi connectivity index (χ2n) is 6.09. The van der Waals surface area contributed by atoms with Crippen LogP contribution in [0.4, 0.5) is 0 Å². The Hall–Kier alpha value is -1.72. The lowest BCUT2D eigenvalue weighted by atomic mass is 9.79. The van der Waals surface area contributed by atoms with E-state index in [2.05, 4.69) is 24.4 Å². The van der Waals surface area contributed by atoms with E-state index in [9.17, 15) is 9.59 Å². The molecule has 2 saturated heterocycles. The van der Waals surface area contributed by atoms with Crippen LogP contribution in [-0.4, -0.2) is 43.2 Å². The third-order valence-electron chi connectivity index (χ3n) is 4.74. The lowest BCUT2D eigenvalue weighted by molar-refractivity contribution is -0.130. The molecule has 0 aliphatic carbocycles. The normalized spacial score (nSPS) is 29.3. The zero-order valence-electron chi connectivity index (χ0n) is 13.6. The SMILES string of the molecule is CC(CNC(=O)C1C2CCC(O2)C1C=O)c1ccccc1.CO. The lowest BCUT2D eigenvalue weighted by Crippen LogP contribution is -2.42. The van der Waals surface area contributed by atoms with E-state index in [1.165, 1.54) is 5.56 Å². The average molecular weight is 319 g/mol. The summed E-state index contributed by atoms with van der Waals surface area (Å²) >= 11 is 0. The number of benzene rings is 1. The van der Waals surface area contributed by atoms with Crippen LogP contribution in [0.2, 0.25) is 0 Å². The predicted octanol–water partition coefficient (Wildman–Crippen LogP) is 1.51. The van der Waals surface area contributed by atoms with Crippen molar-refractivity contribution in [1.29, 1.82) is 0 Å². The molecule has 23 heavy (non-hydrogen) atoms. The van der Waals surface area contributed by atoms with Crippen molar-refractivity contribution < 1.29 is 19.4 Å². The maximum atomic E-state index is 12.4. The summed E-state index contributed by atoms with van der Waals surface area (Å²) < 4.78 is 5.71. The van der Waals surface area contributed by atoms with Crippen LogP contribution < -0.4 is 5.32 Å². The number of carbonyl (C=O) groups excluding carboxylic acids is 2. The van der Waals surface area contributed by atoms with Gasteiger partial charge in [-0.3, -0.25) is 4.79 Å². The number of aliphatic hydroxyl groups excluding tert-OH is 1. The number of hydrogen-bond donors (Lipinski definition) is 2. The van der Waals surface area contributed by atoms with Crippen LogP contribution in [0.15, 0.2) is 30.3 Å². The van der Waals surface area contributed by atoms with Crippen LogP contribution >= 0.6 is 0 Å². The monoisotopic (exact) mass is 319 g/mol. The quantitative estimate of drug-likeness (QED) is 0.807. The average Bonchev–Trinajstić information content (AvgIpc) is 3.22. The van der Waals surface area contributed by atoms with Gasteiger partial charge in [-0.25, -0.2) is 0 Å². The van der Waals surface area contributed by atoms with Gasteiger partial charge >= 0.3 is 0 Å². The Morgan fingerprint density at radius 2 is 1.96 bits per heavy atom. The molecule has 0 saturated carbocycles. The Morgan fingerprint density at radius 1 is 1.30 bits per heavy atom. The first kappa shape index (κ1) is 17.6. The summed E-state index contributed by atoms with van der Waals surface area (Å²) in [4.78, 5) is 23.6. The highest BCUT2D eigenvalue weighted by atomic mass is 16.5. The van der Waals surface area contributed by atoms with Gasteiger partial charge in [0.05, 0.1) is 24.0 Å². The van der Waals surface area contributed by atoms with Crippen LogP contribution in [0, 0.1) is 11.8 Å². The molecule has 1 amide bonds. The van der Waals surface area contributed by atoms with E-state index in [-0.39, 0.29) is 35.9 Å². The molecule has 1 aromatic carbocycles. The number of aldehydes is 1. The molecule has 3 rings (SSSR count). The minimum Gasteiger partial charge on any atom is -0.400 e. The van der Waals surface area contributed by atoms with Crippen molar-refractivity contribution in [2.75, 3.05) is 13.7 Å². The lowest BCUT2D eigenvalue weighted by Gasteiger charge is -2.23. The Labute approximate surface area is 137 Å². The Morgan fingerprint density at radius 3 is 2.61 bits per heavy atom. The molecule has 2 bridgehead atoms. The molecule has 5 atom stereocenters. The van der Waals surface area contributed by atoms with E-state index in [1.807, 2.05) is 18.2 Å². The Kier molecular flexibility index (Phi) is 6.30. The van der Waals surface area contributed by atoms with E-state index >= 15 is 0 Å². The molecule has 2 aliphatic heterocycles. The zero-order valence-corrected chi connectivity index (χ0v) is 13.6. The van der Waals surface area contributed by atoms with Crippen molar-refractivity contribution in [1.82, 2.24) is 5.32 Å². The van der Waals surface area contributed by atoms with Gasteiger partial charge in [-0.05, 0) is 24.3 Å². The fraction of sp³-hybridized carbons (Fsp3) is 0.556. The van der Waals surface area contributed by atoms with Gasteiger partial charge < -0.3 is 20.0 Å². The molecule has 2 heterocycles. The van der Waals surface area contributed by atoms with Gasteiger partial charge in [-0.2, -0.15) is 0 Å². The summed E-state index contributed by atoms with van der Waals surface area (Å²) in [5.41, 5.74) is 1.20. The standard InChI is InChI=1S/C17H21NO3.CH4O/c1-11(12-5-3-2-4-6-12)9-18-17(20)16-13(10-19)14-7-8-15(16)21-14;1-2/h2-6,10-11,13-16H,7-9H2,1H3,(H,18,20);2H,1H3. The van der Waals surface area contributed by atoms with Crippen LogP contribution in [0.5, 0.6) is 0 Å². The maximum absolute atomic E-state index is 12.4. The van der Waals surface area contributed by atoms with Crippen LogP contribution in [0.3, 0.4) is 0 Å². The first-order valence-corrected chi connectivity index (χ1v) is 8.09. The number of fused-ring (bicyclic) bond motifs is 2. The van der Waals surface area contributed by atoms with Crippen molar-refractivity contribution in [3.8, 4) is 0 Å². The van der Waals surface area contributed by atoms with E-state index < -0.39 is 0 Å². The van der Waals surface area contributed by atoms with Crippen LogP contribution in [0.25, 0.3) is 0 Å². The molecular formula is C18H25NO4. The number of carbonyl (C=O) groups is 2. The summed E-state index contributed by atoms with van der Waals surface area (Å²) in [5.74, 6) is -0.355. The summed E-state index contributed by atoms with van der Waals surface area (Å²) in [7, 11) is 1.00. The summed E-state index contributed by atoms with van der Waals surface area (Å²) in [6.07, 6.45) is 2.57. The smallest absolute Gasteiger partial charge is 0.226 e.